The van der Waals surface area contributed by atoms with Crippen molar-refractivity contribution in [3.05, 3.63) is 49.1 Å². The lowest BCUT2D eigenvalue weighted by atomic mass is 10.1. The first-order valence-electron chi connectivity index (χ1n) is 19.4. The lowest BCUT2D eigenvalue weighted by molar-refractivity contribution is -0.698. The Morgan fingerprint density at radius 3 is 1.04 bits per heavy atom. The molecule has 0 aliphatic carbocycles. The van der Waals surface area contributed by atoms with Gasteiger partial charge in [0.15, 0.2) is 24.8 Å². The lowest BCUT2D eigenvalue weighted by Crippen LogP contribution is -2.35. The van der Waals surface area contributed by atoms with Crippen molar-refractivity contribution in [1.82, 2.24) is 0 Å². The average molecular weight is 767 g/mol. The van der Waals surface area contributed by atoms with Crippen LogP contribution in [0.1, 0.15) is 178 Å². The highest BCUT2D eigenvalue weighted by atomic mass is 79.9. The van der Waals surface area contributed by atoms with E-state index in [1.807, 2.05) is 0 Å². The Hall–Kier alpha value is -1.14. The van der Waals surface area contributed by atoms with Gasteiger partial charge in [0.05, 0.1) is 0 Å². The summed E-state index contributed by atoms with van der Waals surface area (Å²) < 4.78 is 4.60. The molecule has 0 fully saturated rings. The van der Waals surface area contributed by atoms with Crippen LogP contribution in [0, 0.1) is 0 Å². The highest BCUT2D eigenvalue weighted by Gasteiger charge is 2.15. The van der Waals surface area contributed by atoms with E-state index >= 15 is 0 Å². The smallest absolute Gasteiger partial charge is 0.211 e. The number of aromatic nitrogens is 2. The Bertz CT molecular complexity index is 860. The Balaban J connectivity index is 1.44. The Morgan fingerprint density at radius 2 is 0.717 bits per heavy atom. The molecule has 0 spiro atoms. The Kier molecular flexibility index (Phi) is 25.7. The van der Waals surface area contributed by atoms with Crippen molar-refractivity contribution in [2.45, 2.75) is 178 Å². The highest BCUT2D eigenvalue weighted by molar-refractivity contribution is 9.09. The molecule has 6 heteroatoms. The first-order valence-corrected chi connectivity index (χ1v) is 21.2. The maximum Gasteiger partial charge on any atom is 0.211 e. The van der Waals surface area contributed by atoms with Gasteiger partial charge >= 0.3 is 0 Å². The Morgan fingerprint density at radius 1 is 0.435 bits per heavy atom. The van der Waals surface area contributed by atoms with Crippen LogP contribution in [0.3, 0.4) is 0 Å². The molecule has 0 aliphatic rings. The van der Waals surface area contributed by atoms with Gasteiger partial charge in [0, 0.05) is 61.6 Å². The third kappa shape index (κ3) is 21.0. The number of halogens is 2. The second-order valence-electron chi connectivity index (χ2n) is 13.4. The van der Waals surface area contributed by atoms with Gasteiger partial charge in [0.25, 0.3) is 0 Å². The van der Waals surface area contributed by atoms with E-state index in [1.54, 1.807) is 0 Å². The van der Waals surface area contributed by atoms with Crippen LogP contribution in [0.25, 0.3) is 0 Å². The number of alkyl halides is 2. The second kappa shape index (κ2) is 28.8. The first-order chi connectivity index (χ1) is 22.6. The number of hydrogen-bond acceptors (Lipinski definition) is 2. The number of anilines is 2. The van der Waals surface area contributed by atoms with Crippen molar-refractivity contribution in [2.75, 3.05) is 23.7 Å². The van der Waals surface area contributed by atoms with Crippen molar-refractivity contribution >= 4 is 43.2 Å². The van der Waals surface area contributed by atoms with Crippen molar-refractivity contribution in [3.63, 3.8) is 0 Å². The van der Waals surface area contributed by atoms with Gasteiger partial charge in [-0.25, -0.2) is 0 Å². The summed E-state index contributed by atoms with van der Waals surface area (Å²) in [6, 6.07) is 8.88. The van der Waals surface area contributed by atoms with Crippen LogP contribution in [0.4, 0.5) is 11.4 Å². The maximum atomic E-state index is 3.91. The van der Waals surface area contributed by atoms with Crippen LogP contribution in [0.15, 0.2) is 49.1 Å². The molecule has 0 saturated heterocycles. The van der Waals surface area contributed by atoms with Crippen LogP contribution < -0.4 is 19.8 Å². The number of nitrogens with one attached hydrogen (secondary N) is 2. The summed E-state index contributed by atoms with van der Waals surface area (Å²) in [5, 5.41) is 7.20. The first kappa shape index (κ1) is 41.0. The fourth-order valence-corrected chi connectivity index (χ4v) is 7.29. The molecule has 0 radical (unpaired) electrons. The van der Waals surface area contributed by atoms with E-state index in [0.29, 0.717) is 9.90 Å². The van der Waals surface area contributed by atoms with E-state index in [-0.39, 0.29) is 0 Å². The van der Waals surface area contributed by atoms with Gasteiger partial charge in [-0.1, -0.05) is 129 Å². The van der Waals surface area contributed by atoms with Crippen molar-refractivity contribution in [2.24, 2.45) is 0 Å². The quantitative estimate of drug-likeness (QED) is 0.0455. The molecule has 2 heterocycles. The van der Waals surface area contributed by atoms with Crippen LogP contribution >= 0.6 is 31.9 Å². The SMILES string of the molecule is CCCCCCCCCCNc1cc[n+](C(Br)CCCCCCCCC(Br)[n+]2ccc(NCCCCCCCCCC)cc2)cc1. The zero-order valence-corrected chi connectivity index (χ0v) is 33.0. The van der Waals surface area contributed by atoms with E-state index in [9.17, 15) is 0 Å². The molecule has 0 saturated carbocycles. The molecule has 0 aromatic carbocycles. The van der Waals surface area contributed by atoms with E-state index in [1.165, 1.54) is 165 Å². The fraction of sp³-hybridized carbons (Fsp3) is 0.750. The van der Waals surface area contributed by atoms with Gasteiger partial charge in [-0.3, -0.25) is 0 Å². The molecular formula is C40H70Br2N4+2. The molecule has 4 nitrogen and oxygen atoms in total. The molecule has 2 aromatic rings. The van der Waals surface area contributed by atoms with E-state index in [2.05, 4.69) is 115 Å². The van der Waals surface area contributed by atoms with E-state index < -0.39 is 0 Å². The fourth-order valence-electron chi connectivity index (χ4n) is 6.10. The molecular weight excluding hydrogens is 696 g/mol. The van der Waals surface area contributed by atoms with Crippen molar-refractivity contribution in [1.29, 1.82) is 0 Å². The minimum absolute atomic E-state index is 0.382. The van der Waals surface area contributed by atoms with Crippen LogP contribution in [0.2, 0.25) is 0 Å². The molecule has 0 amide bonds. The largest absolute Gasteiger partial charge is 0.385 e. The number of nitrogens with zero attached hydrogens (tertiary/aromatic N) is 2. The molecule has 2 atom stereocenters. The third-order valence-electron chi connectivity index (χ3n) is 9.21. The van der Waals surface area contributed by atoms with Crippen LogP contribution in [-0.2, 0) is 0 Å². The zero-order valence-electron chi connectivity index (χ0n) is 29.8. The molecule has 2 aromatic heterocycles. The van der Waals surface area contributed by atoms with Gasteiger partial charge in [-0.2, -0.15) is 9.13 Å². The van der Waals surface area contributed by atoms with E-state index in [4.69, 9.17) is 0 Å². The minimum atomic E-state index is 0.382. The zero-order chi connectivity index (χ0) is 32.9. The molecule has 0 aliphatic heterocycles. The molecule has 2 rings (SSSR count). The third-order valence-corrected chi connectivity index (χ3v) is 11.1. The molecule has 262 valence electrons. The minimum Gasteiger partial charge on any atom is -0.385 e. The second-order valence-corrected chi connectivity index (χ2v) is 15.6. The van der Waals surface area contributed by atoms with Crippen LogP contribution in [-0.4, -0.2) is 13.1 Å². The Labute approximate surface area is 301 Å². The summed E-state index contributed by atoms with van der Waals surface area (Å²) in [6.45, 7) is 6.73. The summed E-state index contributed by atoms with van der Waals surface area (Å²) in [5.41, 5.74) is 2.47. The van der Waals surface area contributed by atoms with Crippen molar-refractivity contribution in [3.8, 4) is 0 Å². The summed E-state index contributed by atoms with van der Waals surface area (Å²) in [6.07, 6.45) is 41.0. The molecule has 0 bridgehead atoms. The normalized spacial score (nSPS) is 12.7. The number of unbranched alkanes of at least 4 members (excludes halogenated alkanes) is 19. The summed E-state index contributed by atoms with van der Waals surface area (Å²) >= 11 is 7.82. The van der Waals surface area contributed by atoms with Gasteiger partial charge < -0.3 is 10.6 Å². The predicted molar refractivity (Wildman–Crippen MR) is 208 cm³/mol. The molecule has 46 heavy (non-hydrogen) atoms. The predicted octanol–water partition coefficient (Wildman–Crippen LogP) is 13.0. The highest BCUT2D eigenvalue weighted by Crippen LogP contribution is 2.21. The number of pyridine rings is 2. The van der Waals surface area contributed by atoms with Gasteiger partial charge in [-0.05, 0) is 57.5 Å². The lowest BCUT2D eigenvalue weighted by Gasteiger charge is -2.09. The topological polar surface area (TPSA) is 31.8 Å². The average Bonchev–Trinajstić information content (AvgIpc) is 3.08. The monoisotopic (exact) mass is 764 g/mol. The van der Waals surface area contributed by atoms with E-state index in [0.717, 1.165) is 13.1 Å². The maximum absolute atomic E-state index is 3.91. The number of hydrogen-bond donors (Lipinski definition) is 2. The van der Waals surface area contributed by atoms with Gasteiger partial charge in [0.2, 0.25) is 9.90 Å². The standard InChI is InChI=1S/C40H68Br2N4/c1-3-5-7-9-11-15-19-23-31-43-37-27-33-45(34-28-37)39(41)25-21-17-13-14-18-22-26-40(42)46-35-29-38(30-36-46)44-32-24-20-16-12-10-8-6-4-2/h27-30,33-36,39-40H,3-26,31-32H2,1-2H3/p+2. The van der Waals surface area contributed by atoms with Crippen LogP contribution in [0.5, 0.6) is 0 Å². The molecule has 2 unspecified atom stereocenters. The van der Waals surface area contributed by atoms with Gasteiger partial charge in [0.1, 0.15) is 0 Å². The summed E-state index contributed by atoms with van der Waals surface area (Å²) in [5.74, 6) is 0. The van der Waals surface area contributed by atoms with Gasteiger partial charge in [-0.15, -0.1) is 0 Å². The van der Waals surface area contributed by atoms with Crippen molar-refractivity contribution < 1.29 is 9.13 Å². The molecule has 2 N–H and O–H groups in total. The summed E-state index contributed by atoms with van der Waals surface area (Å²) in [7, 11) is 0. The summed E-state index contributed by atoms with van der Waals surface area (Å²) in [4.78, 5) is 0.763. The number of rotatable bonds is 31.